The minimum absolute atomic E-state index is 0. The van der Waals surface area contributed by atoms with Crippen LogP contribution < -0.4 is 5.32 Å². The van der Waals surface area contributed by atoms with E-state index in [1.54, 1.807) is 6.07 Å². The van der Waals surface area contributed by atoms with Crippen LogP contribution in [0.4, 0.5) is 0 Å². The first kappa shape index (κ1) is 16.8. The van der Waals surface area contributed by atoms with Crippen LogP contribution in [0.2, 0.25) is 10.0 Å². The molecule has 1 aromatic carbocycles. The maximum atomic E-state index is 12.4. The van der Waals surface area contributed by atoms with Gasteiger partial charge >= 0.3 is 0 Å². The second kappa shape index (κ2) is 7.16. The van der Waals surface area contributed by atoms with Crippen LogP contribution in [-0.4, -0.2) is 43.2 Å². The predicted octanol–water partition coefficient (Wildman–Crippen LogP) is 2.29. The van der Waals surface area contributed by atoms with Gasteiger partial charge in [-0.1, -0.05) is 23.2 Å². The molecule has 0 spiro atoms. The summed E-state index contributed by atoms with van der Waals surface area (Å²) in [5.74, 6) is 0.0360. The number of rotatable bonds is 1. The Morgan fingerprint density at radius 3 is 2.90 bits per heavy atom. The average molecular weight is 352 g/mol. The van der Waals surface area contributed by atoms with E-state index in [2.05, 4.69) is 5.32 Å². The molecule has 3 rings (SSSR count). The summed E-state index contributed by atoms with van der Waals surface area (Å²) in [4.78, 5) is 14.3. The van der Waals surface area contributed by atoms with Gasteiger partial charge in [0.25, 0.3) is 5.91 Å². The number of amides is 1. The fraction of sp³-hybridized carbons (Fsp3) is 0.500. The Morgan fingerprint density at radius 1 is 1.38 bits per heavy atom. The van der Waals surface area contributed by atoms with Crippen LogP contribution >= 0.6 is 35.6 Å². The minimum atomic E-state index is -0.378. The third kappa shape index (κ3) is 3.63. The van der Waals surface area contributed by atoms with E-state index in [9.17, 15) is 4.79 Å². The lowest BCUT2D eigenvalue weighted by molar-refractivity contribution is -0.146. The molecular formula is C14H17Cl3N2O2. The van der Waals surface area contributed by atoms with Gasteiger partial charge < -0.3 is 15.0 Å². The molecule has 1 fully saturated rings. The van der Waals surface area contributed by atoms with E-state index in [1.807, 2.05) is 11.0 Å². The molecule has 4 nitrogen and oxygen atoms in total. The standard InChI is InChI=1S/C14H16Cl2N2O2.ClH/c15-10-5-9-1-3-18(8-11(9)12(16)6-10)14(19)13-7-17-2-4-20-13;/h5-6,13,17H,1-4,7-8H2;1H. The Morgan fingerprint density at radius 2 is 2.19 bits per heavy atom. The molecule has 2 aliphatic rings. The minimum Gasteiger partial charge on any atom is -0.366 e. The summed E-state index contributed by atoms with van der Waals surface area (Å²) >= 11 is 12.2. The maximum absolute atomic E-state index is 12.4. The number of nitrogens with one attached hydrogen (secondary N) is 1. The molecule has 1 saturated heterocycles. The molecule has 1 amide bonds. The summed E-state index contributed by atoms with van der Waals surface area (Å²) in [7, 11) is 0. The third-order valence-corrected chi connectivity index (χ3v) is 4.32. The van der Waals surface area contributed by atoms with Crippen molar-refractivity contribution in [2.24, 2.45) is 0 Å². The van der Waals surface area contributed by atoms with Crippen molar-refractivity contribution < 1.29 is 9.53 Å². The monoisotopic (exact) mass is 350 g/mol. The maximum Gasteiger partial charge on any atom is 0.253 e. The lowest BCUT2D eigenvalue weighted by Gasteiger charge is -2.33. The van der Waals surface area contributed by atoms with Crippen molar-refractivity contribution in [1.82, 2.24) is 10.2 Å². The summed E-state index contributed by atoms with van der Waals surface area (Å²) in [5.41, 5.74) is 2.13. The number of hydrogen-bond donors (Lipinski definition) is 1. The molecule has 7 heteroatoms. The number of halogens is 3. The van der Waals surface area contributed by atoms with Gasteiger partial charge in [0.15, 0.2) is 0 Å². The number of ether oxygens (including phenoxy) is 1. The van der Waals surface area contributed by atoms with Crippen LogP contribution in [-0.2, 0) is 22.5 Å². The molecule has 21 heavy (non-hydrogen) atoms. The van der Waals surface area contributed by atoms with E-state index in [4.69, 9.17) is 27.9 Å². The third-order valence-electron chi connectivity index (χ3n) is 3.77. The lowest BCUT2D eigenvalue weighted by Crippen LogP contribution is -2.50. The fourth-order valence-electron chi connectivity index (χ4n) is 2.70. The largest absolute Gasteiger partial charge is 0.366 e. The smallest absolute Gasteiger partial charge is 0.253 e. The number of nitrogens with zero attached hydrogens (tertiary/aromatic N) is 1. The number of carbonyl (C=O) groups excluding carboxylic acids is 1. The summed E-state index contributed by atoms with van der Waals surface area (Å²) < 4.78 is 5.52. The summed E-state index contributed by atoms with van der Waals surface area (Å²) in [6.45, 7) is 3.18. The van der Waals surface area contributed by atoms with Gasteiger partial charge in [0.05, 0.1) is 6.61 Å². The molecule has 2 aliphatic heterocycles. The zero-order valence-corrected chi connectivity index (χ0v) is 13.7. The highest BCUT2D eigenvalue weighted by Gasteiger charge is 2.30. The number of fused-ring (bicyclic) bond motifs is 1. The topological polar surface area (TPSA) is 41.6 Å². The highest BCUT2D eigenvalue weighted by Crippen LogP contribution is 2.30. The summed E-state index contributed by atoms with van der Waals surface area (Å²) in [5, 5.41) is 4.46. The van der Waals surface area contributed by atoms with E-state index < -0.39 is 0 Å². The average Bonchev–Trinajstić information content (AvgIpc) is 2.47. The van der Waals surface area contributed by atoms with Crippen molar-refractivity contribution in [3.05, 3.63) is 33.3 Å². The van der Waals surface area contributed by atoms with Crippen LogP contribution in [0.1, 0.15) is 11.1 Å². The molecule has 0 radical (unpaired) electrons. The van der Waals surface area contributed by atoms with Crippen molar-refractivity contribution in [2.45, 2.75) is 19.1 Å². The van der Waals surface area contributed by atoms with E-state index in [1.165, 1.54) is 0 Å². The van der Waals surface area contributed by atoms with Crippen LogP contribution in [0.15, 0.2) is 12.1 Å². The van der Waals surface area contributed by atoms with Crippen molar-refractivity contribution in [3.8, 4) is 0 Å². The van der Waals surface area contributed by atoms with Gasteiger partial charge in [-0.15, -0.1) is 12.4 Å². The molecule has 0 bridgehead atoms. The second-order valence-corrected chi connectivity index (χ2v) is 5.94. The lowest BCUT2D eigenvalue weighted by atomic mass is 9.99. The Balaban J connectivity index is 0.00000161. The zero-order chi connectivity index (χ0) is 14.1. The van der Waals surface area contributed by atoms with Crippen molar-refractivity contribution in [1.29, 1.82) is 0 Å². The predicted molar refractivity (Wildman–Crippen MR) is 85.4 cm³/mol. The van der Waals surface area contributed by atoms with Gasteiger partial charge in [0, 0.05) is 36.2 Å². The molecule has 116 valence electrons. The van der Waals surface area contributed by atoms with E-state index in [0.717, 1.165) is 24.1 Å². The van der Waals surface area contributed by atoms with E-state index >= 15 is 0 Å². The Labute approximate surface area is 140 Å². The van der Waals surface area contributed by atoms with Crippen LogP contribution in [0.5, 0.6) is 0 Å². The Bertz CT molecular complexity index is 533. The molecular weight excluding hydrogens is 335 g/mol. The Hall–Kier alpha value is -0.520. The number of benzene rings is 1. The highest BCUT2D eigenvalue weighted by atomic mass is 35.5. The zero-order valence-electron chi connectivity index (χ0n) is 11.4. The Kier molecular flexibility index (Phi) is 5.74. The summed E-state index contributed by atoms with van der Waals surface area (Å²) in [6.07, 6.45) is 0.401. The number of morpholine rings is 1. The number of hydrogen-bond acceptors (Lipinski definition) is 3. The van der Waals surface area contributed by atoms with Crippen LogP contribution in [0.3, 0.4) is 0 Å². The van der Waals surface area contributed by atoms with Gasteiger partial charge in [0.2, 0.25) is 0 Å². The first-order valence-electron chi connectivity index (χ1n) is 6.73. The molecule has 0 aliphatic carbocycles. The van der Waals surface area contributed by atoms with E-state index in [-0.39, 0.29) is 24.4 Å². The molecule has 1 atom stereocenters. The van der Waals surface area contributed by atoms with Gasteiger partial charge in [-0.2, -0.15) is 0 Å². The number of carbonyl (C=O) groups is 1. The second-order valence-electron chi connectivity index (χ2n) is 5.10. The fourth-order valence-corrected chi connectivity index (χ4v) is 3.29. The first-order valence-corrected chi connectivity index (χ1v) is 7.48. The van der Waals surface area contributed by atoms with Crippen LogP contribution in [0, 0.1) is 0 Å². The summed E-state index contributed by atoms with van der Waals surface area (Å²) in [6, 6.07) is 3.66. The van der Waals surface area contributed by atoms with Crippen molar-refractivity contribution in [2.75, 3.05) is 26.2 Å². The van der Waals surface area contributed by atoms with Crippen LogP contribution in [0.25, 0.3) is 0 Å². The van der Waals surface area contributed by atoms with Gasteiger partial charge in [-0.25, -0.2) is 0 Å². The van der Waals surface area contributed by atoms with Crippen molar-refractivity contribution in [3.63, 3.8) is 0 Å². The van der Waals surface area contributed by atoms with Crippen molar-refractivity contribution >= 4 is 41.5 Å². The normalized spacial score (nSPS) is 21.4. The first-order chi connectivity index (χ1) is 9.65. The molecule has 0 saturated carbocycles. The van der Waals surface area contributed by atoms with Gasteiger partial charge in [-0.3, -0.25) is 4.79 Å². The molecule has 0 aromatic heterocycles. The van der Waals surface area contributed by atoms with Gasteiger partial charge in [0.1, 0.15) is 6.10 Å². The molecule has 1 N–H and O–H groups in total. The SMILES string of the molecule is Cl.O=C(C1CNCCO1)N1CCc2cc(Cl)cc(Cl)c2C1. The highest BCUT2D eigenvalue weighted by molar-refractivity contribution is 6.35. The molecule has 2 heterocycles. The quantitative estimate of drug-likeness (QED) is 0.844. The molecule has 1 unspecified atom stereocenters. The molecule has 1 aromatic rings. The van der Waals surface area contributed by atoms with E-state index in [0.29, 0.717) is 36.3 Å². The van der Waals surface area contributed by atoms with Gasteiger partial charge in [-0.05, 0) is 29.7 Å².